The Kier molecular flexibility index (Phi) is 10.3. The maximum Gasteiger partial charge on any atom is 0.410 e. The number of hydrogen-bond acceptors (Lipinski definition) is 15. The zero-order valence-corrected chi connectivity index (χ0v) is 34.9. The fraction of sp³-hybridized carbons (Fsp3) is 0.359. The van der Waals surface area contributed by atoms with Gasteiger partial charge in [0.15, 0.2) is 33.2 Å². The predicted molar refractivity (Wildman–Crippen MR) is 226 cm³/mol. The number of rotatable bonds is 8. The number of ether oxygens (including phenoxy) is 1. The van der Waals surface area contributed by atoms with E-state index in [-0.39, 0.29) is 12.1 Å². The predicted octanol–water partition coefficient (Wildman–Crippen LogP) is 7.16. The second-order valence-corrected chi connectivity index (χ2v) is 17.1. The number of carbonyl (C=O) groups is 1. The minimum Gasteiger partial charge on any atom is -0.444 e. The molecule has 304 valence electrons. The van der Waals surface area contributed by atoms with E-state index >= 15 is 0 Å². The summed E-state index contributed by atoms with van der Waals surface area (Å²) < 4.78 is 13.1. The van der Waals surface area contributed by atoms with Gasteiger partial charge in [-0.1, -0.05) is 0 Å². The molecule has 8 aromatic rings. The lowest BCUT2D eigenvalue weighted by molar-refractivity contribution is 0.0222. The van der Waals surface area contributed by atoms with Crippen LogP contribution in [0.5, 0.6) is 0 Å². The number of imidazole rings is 2. The van der Waals surface area contributed by atoms with Gasteiger partial charge >= 0.3 is 6.09 Å². The molecule has 2 aliphatic heterocycles. The van der Waals surface area contributed by atoms with E-state index in [9.17, 15) is 4.79 Å². The first-order valence-corrected chi connectivity index (χ1v) is 21.1. The van der Waals surface area contributed by atoms with Gasteiger partial charge in [-0.2, -0.15) is 10.2 Å². The van der Waals surface area contributed by atoms with E-state index in [4.69, 9.17) is 14.7 Å². The van der Waals surface area contributed by atoms with Gasteiger partial charge in [-0.15, -0.1) is 22.7 Å². The maximum absolute atomic E-state index is 12.6. The molecule has 2 atom stereocenters. The van der Waals surface area contributed by atoms with Crippen molar-refractivity contribution in [2.45, 2.75) is 64.1 Å². The van der Waals surface area contributed by atoms with Crippen LogP contribution >= 0.6 is 22.7 Å². The number of likely N-dealkylation sites (tertiary alicyclic amines) is 1. The Morgan fingerprint density at radius 2 is 1.36 bits per heavy atom. The Morgan fingerprint density at radius 1 is 0.780 bits per heavy atom. The SMILES string of the molecule is Cn1cc(-c2cnc3c(Nc4nc([C@@H]5CCCN5)cs4)nccn23)cn1.Cn1cc(-c2cnc3c(Nc4nc([C@@H]5CCCN5C(=O)OC(C)(C)C)cs4)nccn23)cn1. The maximum atomic E-state index is 12.6. The Balaban J connectivity index is 0.000000156. The number of amides is 1. The van der Waals surface area contributed by atoms with Crippen molar-refractivity contribution in [1.82, 2.24) is 68.5 Å². The first kappa shape index (κ1) is 38.3. The third-order valence-electron chi connectivity index (χ3n) is 9.99. The number of anilines is 4. The van der Waals surface area contributed by atoms with Gasteiger partial charge in [0.1, 0.15) is 5.60 Å². The van der Waals surface area contributed by atoms with Crippen LogP contribution in [0.1, 0.15) is 69.9 Å². The molecule has 59 heavy (non-hydrogen) atoms. The largest absolute Gasteiger partial charge is 0.444 e. The van der Waals surface area contributed by atoms with Gasteiger partial charge in [-0.3, -0.25) is 23.1 Å². The molecule has 0 unspecified atom stereocenters. The molecule has 0 aromatic carbocycles. The fourth-order valence-electron chi connectivity index (χ4n) is 7.30. The summed E-state index contributed by atoms with van der Waals surface area (Å²) in [5.74, 6) is 1.31. The molecule has 2 aliphatic rings. The summed E-state index contributed by atoms with van der Waals surface area (Å²) in [4.78, 5) is 41.9. The topological polar surface area (TPSA) is 187 Å². The van der Waals surface area contributed by atoms with Crippen molar-refractivity contribution in [3.63, 3.8) is 0 Å². The van der Waals surface area contributed by atoms with Crippen LogP contribution in [0.2, 0.25) is 0 Å². The van der Waals surface area contributed by atoms with E-state index in [1.54, 1.807) is 38.0 Å². The lowest BCUT2D eigenvalue weighted by Gasteiger charge is -2.27. The van der Waals surface area contributed by atoms with E-state index < -0.39 is 5.60 Å². The highest BCUT2D eigenvalue weighted by molar-refractivity contribution is 7.14. The second kappa shape index (κ2) is 15.8. The fourth-order valence-corrected chi connectivity index (χ4v) is 8.82. The molecule has 20 heteroatoms. The highest BCUT2D eigenvalue weighted by Gasteiger charge is 2.34. The van der Waals surface area contributed by atoms with E-state index in [0.29, 0.717) is 35.0 Å². The molecule has 0 radical (unpaired) electrons. The molecule has 0 spiro atoms. The van der Waals surface area contributed by atoms with Gasteiger partial charge in [-0.05, 0) is 53.0 Å². The summed E-state index contributed by atoms with van der Waals surface area (Å²) in [6.45, 7) is 7.38. The van der Waals surface area contributed by atoms with E-state index in [0.717, 1.165) is 70.5 Å². The van der Waals surface area contributed by atoms with E-state index in [1.165, 1.54) is 17.8 Å². The Labute approximate surface area is 347 Å². The lowest BCUT2D eigenvalue weighted by Crippen LogP contribution is -2.36. The average Bonchev–Trinajstić information content (AvgIpc) is 4.04. The highest BCUT2D eigenvalue weighted by Crippen LogP contribution is 2.36. The van der Waals surface area contributed by atoms with E-state index in [2.05, 4.69) is 51.5 Å². The third-order valence-corrected chi connectivity index (χ3v) is 11.5. The van der Waals surface area contributed by atoms with Crippen molar-refractivity contribution in [2.24, 2.45) is 14.1 Å². The first-order valence-electron chi connectivity index (χ1n) is 19.4. The van der Waals surface area contributed by atoms with Crippen molar-refractivity contribution >= 4 is 62.0 Å². The van der Waals surface area contributed by atoms with E-state index in [1.807, 2.05) is 98.6 Å². The smallest absolute Gasteiger partial charge is 0.410 e. The number of nitrogens with one attached hydrogen (secondary N) is 3. The van der Waals surface area contributed by atoms with Gasteiger partial charge in [-0.25, -0.2) is 34.7 Å². The Bertz CT molecular complexity index is 2730. The Hall–Kier alpha value is -6.25. The summed E-state index contributed by atoms with van der Waals surface area (Å²) in [5, 5.41) is 24.2. The van der Waals surface area contributed by atoms with Crippen LogP contribution in [-0.4, -0.2) is 87.9 Å². The quantitative estimate of drug-likeness (QED) is 0.140. The summed E-state index contributed by atoms with van der Waals surface area (Å²) in [5.41, 5.74) is 6.80. The average molecular weight is 833 g/mol. The van der Waals surface area contributed by atoms with Crippen LogP contribution in [0.4, 0.5) is 26.7 Å². The van der Waals surface area contributed by atoms with Crippen LogP contribution in [0.25, 0.3) is 33.8 Å². The molecule has 0 aliphatic carbocycles. The number of aryl methyl sites for hydroxylation is 2. The molecule has 3 N–H and O–H groups in total. The molecule has 0 saturated carbocycles. The molecular formula is C39H44N16O2S2. The van der Waals surface area contributed by atoms with Crippen molar-refractivity contribution in [3.8, 4) is 22.5 Å². The van der Waals surface area contributed by atoms with Crippen molar-refractivity contribution in [3.05, 3.63) is 84.1 Å². The Morgan fingerprint density at radius 3 is 1.88 bits per heavy atom. The summed E-state index contributed by atoms with van der Waals surface area (Å²) in [6.07, 6.45) is 22.3. The lowest BCUT2D eigenvalue weighted by atomic mass is 10.2. The third kappa shape index (κ3) is 8.10. The number of fused-ring (bicyclic) bond motifs is 2. The number of nitrogens with zero attached hydrogens (tertiary/aromatic N) is 13. The van der Waals surface area contributed by atoms with Gasteiger partial charge in [0.2, 0.25) is 0 Å². The summed E-state index contributed by atoms with van der Waals surface area (Å²) >= 11 is 3.08. The summed E-state index contributed by atoms with van der Waals surface area (Å²) in [7, 11) is 3.79. The van der Waals surface area contributed by atoms with Crippen LogP contribution in [0.3, 0.4) is 0 Å². The molecule has 0 bridgehead atoms. The molecule has 8 aromatic heterocycles. The van der Waals surface area contributed by atoms with Crippen molar-refractivity contribution < 1.29 is 9.53 Å². The minimum absolute atomic E-state index is 0.0843. The normalized spacial score (nSPS) is 16.8. The zero-order valence-electron chi connectivity index (χ0n) is 33.3. The molecule has 10 heterocycles. The molecule has 2 saturated heterocycles. The number of thiazole rings is 2. The number of aromatic nitrogens is 12. The molecular weight excluding hydrogens is 789 g/mol. The van der Waals surface area contributed by atoms with Crippen molar-refractivity contribution in [1.29, 1.82) is 0 Å². The molecule has 18 nitrogen and oxygen atoms in total. The first-order chi connectivity index (χ1) is 28.6. The van der Waals surface area contributed by atoms with Crippen molar-refractivity contribution in [2.75, 3.05) is 23.7 Å². The van der Waals surface area contributed by atoms with Gasteiger partial charge < -0.3 is 20.7 Å². The summed E-state index contributed by atoms with van der Waals surface area (Å²) in [6, 6.07) is 0.285. The van der Waals surface area contributed by atoms with Crippen LogP contribution < -0.4 is 16.0 Å². The molecule has 2 fully saturated rings. The second-order valence-electron chi connectivity index (χ2n) is 15.4. The highest BCUT2D eigenvalue weighted by atomic mass is 32.1. The van der Waals surface area contributed by atoms with Gasteiger partial charge in [0.25, 0.3) is 0 Å². The standard InChI is InChI=1S/C22H26N8O2S.C17H18N8S/c1-22(2,3)32-21(31)30-8-5-6-16(30)15-13-33-20(26-15)27-18-19-24-11-17(29(19)9-7-23-18)14-10-25-28(4)12-14;1-24-9-11(7-21-24)14-8-20-16-15(19-5-6-25(14)16)23-17-22-13(10-26-17)12-3-2-4-18-12/h7,9-13,16H,5-6,8H2,1-4H3,(H,23,26,27);5-10,12,18H,2-4H2,1H3,(H,19,22,23)/t16-;12-/m00/s1. The number of carbonyl (C=O) groups excluding carboxylic acids is 1. The monoisotopic (exact) mass is 832 g/mol. The van der Waals surface area contributed by atoms with Crippen LogP contribution in [0.15, 0.2) is 72.7 Å². The molecule has 1 amide bonds. The minimum atomic E-state index is -0.526. The number of hydrogen-bond donors (Lipinski definition) is 3. The zero-order chi connectivity index (χ0) is 40.7. The van der Waals surface area contributed by atoms with Gasteiger partial charge in [0.05, 0.1) is 59.6 Å². The van der Waals surface area contributed by atoms with Crippen LogP contribution in [0, 0.1) is 0 Å². The molecule has 10 rings (SSSR count). The van der Waals surface area contributed by atoms with Crippen LogP contribution in [-0.2, 0) is 18.8 Å². The van der Waals surface area contributed by atoms with Gasteiger partial charge in [0, 0.05) is 79.7 Å².